The zero-order chi connectivity index (χ0) is 15.8. The second-order valence-electron chi connectivity index (χ2n) is 6.08. The van der Waals surface area contributed by atoms with E-state index < -0.39 is 35.7 Å². The summed E-state index contributed by atoms with van der Waals surface area (Å²) in [6, 6.07) is 2.20. The number of carbonyl (C=O) groups is 2. The SMILES string of the molecule is CC(C)(C)OC(=O)[C@H]1CN([C@H](C(=O)O)c2ccco2)[C@H]1N. The van der Waals surface area contributed by atoms with E-state index in [2.05, 4.69) is 0 Å². The van der Waals surface area contributed by atoms with E-state index in [9.17, 15) is 14.7 Å². The summed E-state index contributed by atoms with van der Waals surface area (Å²) in [4.78, 5) is 24.9. The molecule has 2 rings (SSSR count). The van der Waals surface area contributed by atoms with Crippen molar-refractivity contribution in [3.63, 3.8) is 0 Å². The van der Waals surface area contributed by atoms with Crippen molar-refractivity contribution in [2.24, 2.45) is 11.7 Å². The zero-order valence-electron chi connectivity index (χ0n) is 12.3. The molecule has 2 heterocycles. The zero-order valence-corrected chi connectivity index (χ0v) is 12.3. The number of carbonyl (C=O) groups excluding carboxylic acids is 1. The first kappa shape index (κ1) is 15.5. The lowest BCUT2D eigenvalue weighted by molar-refractivity contribution is -0.177. The van der Waals surface area contributed by atoms with Crippen molar-refractivity contribution in [3.05, 3.63) is 24.2 Å². The summed E-state index contributed by atoms with van der Waals surface area (Å²) in [5.74, 6) is -1.71. The van der Waals surface area contributed by atoms with Crippen LogP contribution in [0.2, 0.25) is 0 Å². The number of carboxylic acids is 1. The van der Waals surface area contributed by atoms with Crippen LogP contribution in [0.25, 0.3) is 0 Å². The summed E-state index contributed by atoms with van der Waals surface area (Å²) in [5.41, 5.74) is 5.36. The molecule has 0 radical (unpaired) electrons. The molecule has 0 bridgehead atoms. The van der Waals surface area contributed by atoms with Gasteiger partial charge in [-0.3, -0.25) is 14.5 Å². The van der Waals surface area contributed by atoms with E-state index in [0.717, 1.165) is 0 Å². The van der Waals surface area contributed by atoms with Crippen molar-refractivity contribution >= 4 is 11.9 Å². The molecule has 0 amide bonds. The Bertz CT molecular complexity index is 520. The Morgan fingerprint density at radius 1 is 1.52 bits per heavy atom. The highest BCUT2D eigenvalue weighted by atomic mass is 16.6. The molecule has 116 valence electrons. The highest BCUT2D eigenvalue weighted by molar-refractivity contribution is 5.78. The van der Waals surface area contributed by atoms with Crippen LogP contribution in [-0.2, 0) is 14.3 Å². The molecule has 21 heavy (non-hydrogen) atoms. The van der Waals surface area contributed by atoms with Crippen molar-refractivity contribution < 1.29 is 23.8 Å². The van der Waals surface area contributed by atoms with Crippen LogP contribution in [0, 0.1) is 5.92 Å². The standard InChI is InChI=1S/C14H20N2O5/c1-14(2,3)21-13(19)8-7-16(11(8)15)10(12(17)18)9-5-4-6-20-9/h4-6,8,10-11H,7,15H2,1-3H3,(H,17,18)/t8-,10-,11+/m0/s1. The van der Waals surface area contributed by atoms with Crippen LogP contribution < -0.4 is 5.73 Å². The lowest BCUT2D eigenvalue weighted by atomic mass is 9.92. The van der Waals surface area contributed by atoms with E-state index in [1.54, 1.807) is 32.9 Å². The molecule has 1 aromatic rings. The van der Waals surface area contributed by atoms with Crippen LogP contribution in [-0.4, -0.2) is 40.3 Å². The molecule has 7 heteroatoms. The number of ether oxygens (including phenoxy) is 1. The molecule has 0 saturated carbocycles. The fourth-order valence-corrected chi connectivity index (χ4v) is 2.29. The summed E-state index contributed by atoms with van der Waals surface area (Å²) >= 11 is 0. The van der Waals surface area contributed by atoms with E-state index in [4.69, 9.17) is 14.9 Å². The summed E-state index contributed by atoms with van der Waals surface area (Å²) in [7, 11) is 0. The Kier molecular flexibility index (Phi) is 4.06. The summed E-state index contributed by atoms with van der Waals surface area (Å²) in [5, 5.41) is 9.34. The summed E-state index contributed by atoms with van der Waals surface area (Å²) in [6.07, 6.45) is 0.702. The van der Waals surface area contributed by atoms with Gasteiger partial charge in [-0.1, -0.05) is 0 Å². The Labute approximate surface area is 122 Å². The van der Waals surface area contributed by atoms with Gasteiger partial charge in [-0.15, -0.1) is 0 Å². The number of likely N-dealkylation sites (tertiary alicyclic amines) is 1. The van der Waals surface area contributed by atoms with E-state index >= 15 is 0 Å². The van der Waals surface area contributed by atoms with Gasteiger partial charge in [0.2, 0.25) is 0 Å². The van der Waals surface area contributed by atoms with Crippen molar-refractivity contribution in [3.8, 4) is 0 Å². The molecule has 3 N–H and O–H groups in total. The molecule has 1 aromatic heterocycles. The van der Waals surface area contributed by atoms with Gasteiger partial charge < -0.3 is 20.0 Å². The maximum absolute atomic E-state index is 12.0. The monoisotopic (exact) mass is 296 g/mol. The highest BCUT2D eigenvalue weighted by Crippen LogP contribution is 2.33. The molecule has 1 fully saturated rings. The third kappa shape index (κ3) is 3.25. The van der Waals surface area contributed by atoms with Crippen LogP contribution in [0.15, 0.2) is 22.8 Å². The maximum Gasteiger partial charge on any atom is 0.328 e. The predicted molar refractivity (Wildman–Crippen MR) is 73.1 cm³/mol. The molecular formula is C14H20N2O5. The average molecular weight is 296 g/mol. The number of hydrogen-bond donors (Lipinski definition) is 2. The molecule has 0 aliphatic carbocycles. The maximum atomic E-state index is 12.0. The minimum atomic E-state index is -1.07. The lowest BCUT2D eigenvalue weighted by Crippen LogP contribution is -2.66. The Hall–Kier alpha value is -1.86. The van der Waals surface area contributed by atoms with Gasteiger partial charge in [-0.05, 0) is 32.9 Å². The third-order valence-electron chi connectivity index (χ3n) is 3.29. The molecule has 1 saturated heterocycles. The number of nitrogens with two attached hydrogens (primary N) is 1. The van der Waals surface area contributed by atoms with Crippen LogP contribution in [0.5, 0.6) is 0 Å². The first-order chi connectivity index (χ1) is 9.70. The first-order valence-corrected chi connectivity index (χ1v) is 6.71. The molecule has 0 spiro atoms. The van der Waals surface area contributed by atoms with Crippen molar-refractivity contribution in [1.29, 1.82) is 0 Å². The first-order valence-electron chi connectivity index (χ1n) is 6.71. The summed E-state index contributed by atoms with van der Waals surface area (Å²) < 4.78 is 10.4. The van der Waals surface area contributed by atoms with Gasteiger partial charge in [0.15, 0.2) is 6.04 Å². The van der Waals surface area contributed by atoms with Gasteiger partial charge in [0.05, 0.1) is 18.3 Å². The molecule has 3 atom stereocenters. The van der Waals surface area contributed by atoms with Crippen molar-refractivity contribution in [2.75, 3.05) is 6.54 Å². The number of nitrogens with zero attached hydrogens (tertiary/aromatic N) is 1. The van der Waals surface area contributed by atoms with E-state index in [0.29, 0.717) is 5.76 Å². The van der Waals surface area contributed by atoms with Gasteiger partial charge in [-0.2, -0.15) is 0 Å². The lowest BCUT2D eigenvalue weighted by Gasteiger charge is -2.47. The van der Waals surface area contributed by atoms with E-state index in [1.165, 1.54) is 11.2 Å². The average Bonchev–Trinajstić information content (AvgIpc) is 2.83. The van der Waals surface area contributed by atoms with Crippen LogP contribution in [0.3, 0.4) is 0 Å². The molecule has 1 aliphatic rings. The molecule has 7 nitrogen and oxygen atoms in total. The van der Waals surface area contributed by atoms with E-state index in [1.807, 2.05) is 0 Å². The van der Waals surface area contributed by atoms with E-state index in [-0.39, 0.29) is 6.54 Å². The third-order valence-corrected chi connectivity index (χ3v) is 3.29. The Morgan fingerprint density at radius 2 is 2.19 bits per heavy atom. The molecule has 0 unspecified atom stereocenters. The van der Waals surface area contributed by atoms with Crippen molar-refractivity contribution in [1.82, 2.24) is 4.90 Å². The number of furan rings is 1. The second-order valence-corrected chi connectivity index (χ2v) is 6.08. The fraction of sp³-hybridized carbons (Fsp3) is 0.571. The Balaban J connectivity index is 2.05. The largest absolute Gasteiger partial charge is 0.480 e. The van der Waals surface area contributed by atoms with Gasteiger partial charge in [-0.25, -0.2) is 0 Å². The number of esters is 1. The predicted octanol–water partition coefficient (Wildman–Crippen LogP) is 0.964. The molecule has 1 aliphatic heterocycles. The van der Waals surface area contributed by atoms with Crippen LogP contribution in [0.1, 0.15) is 32.6 Å². The fourth-order valence-electron chi connectivity index (χ4n) is 2.29. The summed E-state index contributed by atoms with van der Waals surface area (Å²) in [6.45, 7) is 5.55. The molecular weight excluding hydrogens is 276 g/mol. The topological polar surface area (TPSA) is 106 Å². The van der Waals surface area contributed by atoms with Gasteiger partial charge in [0.25, 0.3) is 0 Å². The quantitative estimate of drug-likeness (QED) is 0.797. The highest BCUT2D eigenvalue weighted by Gasteiger charge is 2.49. The van der Waals surface area contributed by atoms with Crippen LogP contribution in [0.4, 0.5) is 0 Å². The van der Waals surface area contributed by atoms with Gasteiger partial charge in [0, 0.05) is 6.54 Å². The number of rotatable bonds is 4. The minimum absolute atomic E-state index is 0.230. The normalized spacial score (nSPS) is 24.2. The minimum Gasteiger partial charge on any atom is -0.480 e. The second kappa shape index (κ2) is 5.50. The number of hydrogen-bond acceptors (Lipinski definition) is 6. The molecule has 0 aromatic carbocycles. The van der Waals surface area contributed by atoms with Crippen molar-refractivity contribution in [2.45, 2.75) is 38.6 Å². The Morgan fingerprint density at radius 3 is 2.62 bits per heavy atom. The smallest absolute Gasteiger partial charge is 0.328 e. The number of aliphatic carboxylic acids is 1. The van der Waals surface area contributed by atoms with Gasteiger partial charge >= 0.3 is 11.9 Å². The van der Waals surface area contributed by atoms with Crippen LogP contribution >= 0.6 is 0 Å². The van der Waals surface area contributed by atoms with Gasteiger partial charge in [0.1, 0.15) is 11.4 Å². The number of carboxylic acid groups (broad SMARTS) is 1.